The number of benzene rings is 1. The van der Waals surface area contributed by atoms with Crippen molar-refractivity contribution in [2.45, 2.75) is 10.5 Å². The third-order valence-corrected chi connectivity index (χ3v) is 3.48. The number of halogens is 3. The Balaban J connectivity index is 1.97. The predicted molar refractivity (Wildman–Crippen MR) is 69.4 cm³/mol. The van der Waals surface area contributed by atoms with Gasteiger partial charge in [-0.3, -0.25) is 5.43 Å². The van der Waals surface area contributed by atoms with Crippen molar-refractivity contribution in [3.8, 4) is 0 Å². The lowest BCUT2D eigenvalue weighted by atomic mass is 10.2. The van der Waals surface area contributed by atoms with Gasteiger partial charge in [0.1, 0.15) is 0 Å². The van der Waals surface area contributed by atoms with Gasteiger partial charge in [-0.05, 0) is 17.2 Å². The van der Waals surface area contributed by atoms with Gasteiger partial charge in [-0.25, -0.2) is 4.68 Å². The fraction of sp³-hybridized carbons (Fsp3) is 0.0909. The van der Waals surface area contributed by atoms with Gasteiger partial charge in [-0.15, -0.1) is 10.2 Å². The molecule has 3 rings (SSSR count). The molecule has 0 fully saturated rings. The van der Waals surface area contributed by atoms with Crippen LogP contribution in [0.4, 0.5) is 8.78 Å². The van der Waals surface area contributed by atoms with E-state index < -0.39 is 11.2 Å². The minimum Gasteiger partial charge on any atom is -0.289 e. The van der Waals surface area contributed by atoms with Crippen molar-refractivity contribution in [2.75, 3.05) is 5.43 Å². The lowest BCUT2D eigenvalue weighted by Crippen LogP contribution is -2.23. The van der Waals surface area contributed by atoms with E-state index in [1.165, 1.54) is 11.8 Å². The minimum absolute atomic E-state index is 0.315. The highest BCUT2D eigenvalue weighted by Crippen LogP contribution is 2.35. The van der Waals surface area contributed by atoms with Gasteiger partial charge in [0.2, 0.25) is 11.0 Å². The summed E-state index contributed by atoms with van der Waals surface area (Å²) >= 11 is 6.21. The third kappa shape index (κ3) is 2.31. The topological polar surface area (TPSA) is 42.7 Å². The molecule has 0 saturated heterocycles. The summed E-state index contributed by atoms with van der Waals surface area (Å²) < 4.78 is 27.5. The first-order chi connectivity index (χ1) is 9.05. The number of rotatable bonds is 2. The minimum atomic E-state index is -3.57. The van der Waals surface area contributed by atoms with Gasteiger partial charge in [0.15, 0.2) is 0 Å². The van der Waals surface area contributed by atoms with Crippen LogP contribution in [0, 0.1) is 0 Å². The molecule has 0 aliphatic carbocycles. The van der Waals surface area contributed by atoms with Gasteiger partial charge >= 0.3 is 5.38 Å². The van der Waals surface area contributed by atoms with E-state index >= 15 is 0 Å². The molecular formula is C11H7ClF2N4S. The van der Waals surface area contributed by atoms with E-state index in [9.17, 15) is 8.78 Å². The van der Waals surface area contributed by atoms with Crippen LogP contribution >= 0.6 is 23.4 Å². The highest BCUT2D eigenvalue weighted by Gasteiger charge is 2.37. The maximum absolute atomic E-state index is 13.2. The standard InChI is InChI=1S/C11H7ClF2N4S/c12-11(13,14)9-15-16-10-18(9)17-8(6-19-10)7-4-2-1-3-5-7/h1-6,17H. The Kier molecular flexibility index (Phi) is 2.94. The van der Waals surface area contributed by atoms with Crippen LogP contribution in [0.5, 0.6) is 0 Å². The first kappa shape index (κ1) is 12.4. The van der Waals surface area contributed by atoms with Crippen molar-refractivity contribution in [2.24, 2.45) is 0 Å². The Morgan fingerprint density at radius 1 is 1.21 bits per heavy atom. The van der Waals surface area contributed by atoms with Gasteiger partial charge in [0.25, 0.3) is 0 Å². The van der Waals surface area contributed by atoms with E-state index in [0.29, 0.717) is 10.9 Å². The van der Waals surface area contributed by atoms with Crippen molar-refractivity contribution in [1.82, 2.24) is 14.9 Å². The molecule has 2 aromatic rings. The summed E-state index contributed by atoms with van der Waals surface area (Å²) in [6.07, 6.45) is 0. The zero-order valence-electron chi connectivity index (χ0n) is 9.35. The molecule has 1 aromatic carbocycles. The first-order valence-corrected chi connectivity index (χ1v) is 6.53. The quantitative estimate of drug-likeness (QED) is 0.865. The summed E-state index contributed by atoms with van der Waals surface area (Å²) in [5, 5.41) is 5.60. The van der Waals surface area contributed by atoms with Crippen molar-refractivity contribution >= 4 is 29.1 Å². The van der Waals surface area contributed by atoms with E-state index in [-0.39, 0.29) is 0 Å². The van der Waals surface area contributed by atoms with Gasteiger partial charge in [0, 0.05) is 5.41 Å². The molecule has 0 unspecified atom stereocenters. The van der Waals surface area contributed by atoms with Gasteiger partial charge in [-0.1, -0.05) is 42.1 Å². The number of hydrogen-bond acceptors (Lipinski definition) is 4. The van der Waals surface area contributed by atoms with Crippen LogP contribution in [-0.2, 0) is 5.38 Å². The number of alkyl halides is 3. The monoisotopic (exact) mass is 300 g/mol. The summed E-state index contributed by atoms with van der Waals surface area (Å²) in [7, 11) is 0. The molecule has 1 aromatic heterocycles. The molecule has 98 valence electrons. The molecule has 1 aliphatic heterocycles. The van der Waals surface area contributed by atoms with Crippen molar-refractivity contribution < 1.29 is 8.78 Å². The number of nitrogens with one attached hydrogen (secondary N) is 1. The Bertz CT molecular complexity index is 636. The summed E-state index contributed by atoms with van der Waals surface area (Å²) in [4.78, 5) is 0. The number of fused-ring (bicyclic) bond motifs is 1. The van der Waals surface area contributed by atoms with Crippen LogP contribution in [0.25, 0.3) is 5.70 Å². The number of nitrogens with zero attached hydrogens (tertiary/aromatic N) is 3. The number of aromatic nitrogens is 3. The molecule has 1 N–H and O–H groups in total. The van der Waals surface area contributed by atoms with E-state index in [2.05, 4.69) is 15.6 Å². The average molecular weight is 301 g/mol. The van der Waals surface area contributed by atoms with Crippen molar-refractivity contribution in [1.29, 1.82) is 0 Å². The average Bonchev–Trinajstić information content (AvgIpc) is 2.82. The van der Waals surface area contributed by atoms with Gasteiger partial charge < -0.3 is 0 Å². The molecule has 8 heteroatoms. The van der Waals surface area contributed by atoms with E-state index in [4.69, 9.17) is 11.6 Å². The molecular weight excluding hydrogens is 294 g/mol. The van der Waals surface area contributed by atoms with E-state index in [0.717, 1.165) is 10.2 Å². The molecule has 19 heavy (non-hydrogen) atoms. The lowest BCUT2D eigenvalue weighted by Gasteiger charge is -2.19. The molecule has 0 atom stereocenters. The smallest absolute Gasteiger partial charge is 0.289 e. The molecule has 0 bridgehead atoms. The fourth-order valence-electron chi connectivity index (χ4n) is 1.64. The van der Waals surface area contributed by atoms with Crippen LogP contribution in [0.15, 0.2) is 40.9 Å². The SMILES string of the molecule is FC(F)(Cl)c1nnc2n1NC(c1ccccc1)=CS2. The van der Waals surface area contributed by atoms with Crippen LogP contribution in [-0.4, -0.2) is 14.9 Å². The normalized spacial score (nSPS) is 14.6. The summed E-state index contributed by atoms with van der Waals surface area (Å²) in [5.41, 5.74) is 4.39. The van der Waals surface area contributed by atoms with Crippen LogP contribution in [0.2, 0.25) is 0 Å². The second-order valence-corrected chi connectivity index (χ2v) is 5.08. The van der Waals surface area contributed by atoms with Crippen LogP contribution in [0.1, 0.15) is 11.4 Å². The summed E-state index contributed by atoms with van der Waals surface area (Å²) in [5.74, 6) is -0.627. The Morgan fingerprint density at radius 2 is 1.95 bits per heavy atom. The Morgan fingerprint density at radius 3 is 2.63 bits per heavy atom. The largest absolute Gasteiger partial charge is 0.383 e. The summed E-state index contributed by atoms with van der Waals surface area (Å²) in [6, 6.07) is 9.34. The van der Waals surface area contributed by atoms with E-state index in [1.54, 1.807) is 5.41 Å². The molecule has 0 amide bonds. The zero-order chi connectivity index (χ0) is 13.5. The number of thioether (sulfide) groups is 1. The maximum atomic E-state index is 13.2. The van der Waals surface area contributed by atoms with Crippen LogP contribution in [0.3, 0.4) is 0 Å². The second-order valence-electron chi connectivity index (χ2n) is 3.77. The molecule has 4 nitrogen and oxygen atoms in total. The first-order valence-electron chi connectivity index (χ1n) is 5.27. The number of hydrogen-bond donors (Lipinski definition) is 1. The lowest BCUT2D eigenvalue weighted by molar-refractivity contribution is 0.0809. The highest BCUT2D eigenvalue weighted by atomic mass is 35.5. The molecule has 0 saturated carbocycles. The summed E-state index contributed by atoms with van der Waals surface area (Å²) in [6.45, 7) is 0. The van der Waals surface area contributed by atoms with Crippen molar-refractivity contribution in [3.63, 3.8) is 0 Å². The van der Waals surface area contributed by atoms with Gasteiger partial charge in [0.05, 0.1) is 5.70 Å². The molecule has 2 heterocycles. The predicted octanol–water partition coefficient (Wildman–Crippen LogP) is 3.21. The third-order valence-electron chi connectivity index (χ3n) is 2.49. The fourth-order valence-corrected chi connectivity index (χ4v) is 2.50. The molecule has 0 radical (unpaired) electrons. The van der Waals surface area contributed by atoms with Crippen molar-refractivity contribution in [3.05, 3.63) is 47.1 Å². The Hall–Kier alpha value is -1.60. The van der Waals surface area contributed by atoms with Gasteiger partial charge in [-0.2, -0.15) is 8.78 Å². The molecule has 1 aliphatic rings. The van der Waals surface area contributed by atoms with E-state index in [1.807, 2.05) is 30.3 Å². The zero-order valence-corrected chi connectivity index (χ0v) is 10.9. The second kappa shape index (κ2) is 4.50. The highest BCUT2D eigenvalue weighted by molar-refractivity contribution is 8.02. The van der Waals surface area contributed by atoms with Crippen LogP contribution < -0.4 is 5.43 Å². The molecule has 0 spiro atoms. The Labute approximate surface area is 116 Å². The maximum Gasteiger partial charge on any atom is 0.383 e.